The van der Waals surface area contributed by atoms with Gasteiger partial charge in [0.05, 0.1) is 19.9 Å². The van der Waals surface area contributed by atoms with E-state index in [2.05, 4.69) is 23.7 Å². The summed E-state index contributed by atoms with van der Waals surface area (Å²) >= 11 is 3.88. The van der Waals surface area contributed by atoms with Crippen LogP contribution in [0.15, 0.2) is 54.6 Å². The number of pyridine rings is 1. The Hall–Kier alpha value is -2.79. The molecule has 3 rings (SSSR count). The normalized spacial score (nSPS) is 10.5. The van der Waals surface area contributed by atoms with E-state index in [1.807, 2.05) is 49.4 Å². The summed E-state index contributed by atoms with van der Waals surface area (Å²) in [4.78, 5) is 16.0. The molecule has 26 heavy (non-hydrogen) atoms. The van der Waals surface area contributed by atoms with Crippen molar-refractivity contribution in [2.45, 2.75) is 6.92 Å². The molecule has 0 bridgehead atoms. The highest BCUT2D eigenvalue weighted by Crippen LogP contribution is 2.36. The number of hydrogen-bond acceptors (Lipinski definition) is 4. The Kier molecular flexibility index (Phi) is 5.28. The summed E-state index contributed by atoms with van der Waals surface area (Å²) < 4.78 is 10.8. The summed E-state index contributed by atoms with van der Waals surface area (Å²) in [6.07, 6.45) is 0. The summed E-state index contributed by atoms with van der Waals surface area (Å²) in [6, 6.07) is 17.2. The Morgan fingerprint density at radius 3 is 2.23 bits per heavy atom. The third-order valence-corrected chi connectivity index (χ3v) is 4.31. The van der Waals surface area contributed by atoms with Crippen LogP contribution in [0, 0.1) is 6.92 Å². The molecule has 0 saturated carbocycles. The van der Waals surface area contributed by atoms with E-state index in [0.717, 1.165) is 22.3 Å². The van der Waals surface area contributed by atoms with E-state index in [1.54, 1.807) is 20.3 Å². The fourth-order valence-corrected chi connectivity index (χ4v) is 2.91. The molecular formula is C21H19NO3S. The first-order valence-corrected chi connectivity index (χ1v) is 8.51. The number of benzene rings is 2. The van der Waals surface area contributed by atoms with Gasteiger partial charge in [0.2, 0.25) is 5.12 Å². The lowest BCUT2D eigenvalue weighted by atomic mass is 9.95. The number of ether oxygens (including phenoxy) is 2. The molecule has 0 radical (unpaired) electrons. The molecule has 0 atom stereocenters. The van der Waals surface area contributed by atoms with Crippen molar-refractivity contribution in [2.75, 3.05) is 14.2 Å². The van der Waals surface area contributed by atoms with Crippen molar-refractivity contribution < 1.29 is 14.3 Å². The third-order valence-electron chi connectivity index (χ3n) is 4.08. The van der Waals surface area contributed by atoms with Crippen LogP contribution in [0.1, 0.15) is 16.1 Å². The summed E-state index contributed by atoms with van der Waals surface area (Å²) in [6.45, 7) is 2.03. The Morgan fingerprint density at radius 1 is 0.923 bits per heavy atom. The minimum absolute atomic E-state index is 0.320. The molecule has 0 aliphatic heterocycles. The molecule has 3 aromatic rings. The average Bonchev–Trinajstić information content (AvgIpc) is 2.67. The van der Waals surface area contributed by atoms with Crippen LogP contribution in [0.4, 0.5) is 0 Å². The number of thiol groups is 1. The predicted octanol–water partition coefficient (Wildman–Crippen LogP) is 4.81. The fraction of sp³-hybridized carbons (Fsp3) is 0.143. The van der Waals surface area contributed by atoms with E-state index >= 15 is 0 Å². The van der Waals surface area contributed by atoms with E-state index < -0.39 is 0 Å². The Morgan fingerprint density at radius 2 is 1.62 bits per heavy atom. The standard InChI is InChI=1S/C21H19NO3S/c1-13-7-8-17(19-5-4-6-20(22-19)21(23)26)18(9-13)14-10-15(24-2)12-16(11-14)25-3/h4-12H,1-3H3,(H,23,26). The molecule has 0 N–H and O–H groups in total. The van der Waals surface area contributed by atoms with Gasteiger partial charge in [-0.05, 0) is 42.3 Å². The molecule has 0 spiro atoms. The predicted molar refractivity (Wildman–Crippen MR) is 106 cm³/mol. The molecule has 0 unspecified atom stereocenters. The summed E-state index contributed by atoms with van der Waals surface area (Å²) in [7, 11) is 3.25. The van der Waals surface area contributed by atoms with Crippen LogP contribution < -0.4 is 9.47 Å². The SMILES string of the molecule is COc1cc(OC)cc(-c2cc(C)ccc2-c2cccc(C(=O)S)n2)c1. The van der Waals surface area contributed by atoms with Gasteiger partial charge in [0.25, 0.3) is 0 Å². The summed E-state index contributed by atoms with van der Waals surface area (Å²) in [5.74, 6) is 1.41. The molecule has 1 aromatic heterocycles. The third kappa shape index (κ3) is 3.73. The van der Waals surface area contributed by atoms with Crippen molar-refractivity contribution in [3.8, 4) is 33.9 Å². The van der Waals surface area contributed by atoms with Gasteiger partial charge in [0, 0.05) is 11.6 Å². The van der Waals surface area contributed by atoms with Crippen LogP contribution in [0.2, 0.25) is 0 Å². The molecular weight excluding hydrogens is 346 g/mol. The number of hydrogen-bond donors (Lipinski definition) is 1. The highest BCUT2D eigenvalue weighted by molar-refractivity contribution is 7.97. The average molecular weight is 365 g/mol. The quantitative estimate of drug-likeness (QED) is 0.659. The van der Waals surface area contributed by atoms with Gasteiger partial charge in [-0.2, -0.15) is 0 Å². The Bertz CT molecular complexity index is 947. The first-order chi connectivity index (χ1) is 12.5. The van der Waals surface area contributed by atoms with Gasteiger partial charge in [-0.15, -0.1) is 0 Å². The number of carbonyl (C=O) groups excluding carboxylic acids is 1. The molecule has 1 heterocycles. The summed E-state index contributed by atoms with van der Waals surface area (Å²) in [5, 5.41) is -0.358. The Balaban J connectivity index is 2.22. The van der Waals surface area contributed by atoms with Crippen molar-refractivity contribution >= 4 is 17.7 Å². The number of aryl methyl sites for hydroxylation is 1. The van der Waals surface area contributed by atoms with Crippen molar-refractivity contribution in [2.24, 2.45) is 0 Å². The molecule has 2 aromatic carbocycles. The maximum Gasteiger partial charge on any atom is 0.234 e. The molecule has 0 aliphatic rings. The minimum Gasteiger partial charge on any atom is -0.497 e. The van der Waals surface area contributed by atoms with E-state index in [9.17, 15) is 4.79 Å². The van der Waals surface area contributed by atoms with Crippen LogP contribution in [-0.2, 0) is 0 Å². The highest BCUT2D eigenvalue weighted by Gasteiger charge is 2.13. The molecule has 5 heteroatoms. The monoisotopic (exact) mass is 365 g/mol. The lowest BCUT2D eigenvalue weighted by molar-refractivity contribution is 0.108. The van der Waals surface area contributed by atoms with Crippen molar-refractivity contribution in [3.05, 3.63) is 65.9 Å². The molecule has 0 fully saturated rings. The van der Waals surface area contributed by atoms with Crippen LogP contribution in [-0.4, -0.2) is 24.3 Å². The minimum atomic E-state index is -0.358. The van der Waals surface area contributed by atoms with Crippen LogP contribution in [0.5, 0.6) is 11.5 Å². The topological polar surface area (TPSA) is 48.4 Å². The van der Waals surface area contributed by atoms with Gasteiger partial charge in [-0.1, -0.05) is 42.5 Å². The van der Waals surface area contributed by atoms with Gasteiger partial charge in [0.1, 0.15) is 17.2 Å². The van der Waals surface area contributed by atoms with Gasteiger partial charge in [-0.3, -0.25) is 4.79 Å². The van der Waals surface area contributed by atoms with Crippen molar-refractivity contribution in [1.82, 2.24) is 4.98 Å². The van der Waals surface area contributed by atoms with E-state index in [0.29, 0.717) is 22.9 Å². The molecule has 0 aliphatic carbocycles. The molecule has 0 amide bonds. The van der Waals surface area contributed by atoms with Gasteiger partial charge < -0.3 is 9.47 Å². The van der Waals surface area contributed by atoms with Gasteiger partial charge >= 0.3 is 0 Å². The lowest BCUT2D eigenvalue weighted by Crippen LogP contribution is -1.97. The molecule has 132 valence electrons. The molecule has 4 nitrogen and oxygen atoms in total. The number of nitrogens with zero attached hydrogens (tertiary/aromatic N) is 1. The smallest absolute Gasteiger partial charge is 0.234 e. The Labute approximate surface area is 158 Å². The largest absolute Gasteiger partial charge is 0.497 e. The number of aromatic nitrogens is 1. The number of carbonyl (C=O) groups is 1. The van der Waals surface area contributed by atoms with Crippen LogP contribution in [0.25, 0.3) is 22.4 Å². The van der Waals surface area contributed by atoms with Crippen molar-refractivity contribution in [1.29, 1.82) is 0 Å². The second-order valence-electron chi connectivity index (χ2n) is 5.86. The first kappa shape index (κ1) is 18.0. The van der Waals surface area contributed by atoms with Crippen LogP contribution >= 0.6 is 12.6 Å². The fourth-order valence-electron chi connectivity index (χ4n) is 2.79. The van der Waals surface area contributed by atoms with E-state index in [4.69, 9.17) is 9.47 Å². The van der Waals surface area contributed by atoms with E-state index in [1.165, 1.54) is 0 Å². The highest BCUT2D eigenvalue weighted by atomic mass is 32.1. The van der Waals surface area contributed by atoms with Gasteiger partial charge in [0.15, 0.2) is 0 Å². The number of rotatable bonds is 5. The number of methoxy groups -OCH3 is 2. The van der Waals surface area contributed by atoms with Crippen LogP contribution in [0.3, 0.4) is 0 Å². The zero-order chi connectivity index (χ0) is 18.7. The van der Waals surface area contributed by atoms with E-state index in [-0.39, 0.29) is 5.12 Å². The molecule has 0 saturated heterocycles. The lowest BCUT2D eigenvalue weighted by Gasteiger charge is -2.14. The second-order valence-corrected chi connectivity index (χ2v) is 6.27. The van der Waals surface area contributed by atoms with Gasteiger partial charge in [-0.25, -0.2) is 4.98 Å². The zero-order valence-electron chi connectivity index (χ0n) is 14.8. The first-order valence-electron chi connectivity index (χ1n) is 8.06. The second kappa shape index (κ2) is 7.62. The summed E-state index contributed by atoms with van der Waals surface area (Å²) in [5.41, 5.74) is 5.00. The zero-order valence-corrected chi connectivity index (χ0v) is 15.7. The maximum absolute atomic E-state index is 11.6. The maximum atomic E-state index is 11.6. The van der Waals surface area contributed by atoms with Crippen molar-refractivity contribution in [3.63, 3.8) is 0 Å².